The number of benzene rings is 1. The second kappa shape index (κ2) is 8.81. The largest absolute Gasteiger partial charge is 0.459 e. The molecule has 1 aliphatic carbocycles. The molecule has 2 fully saturated rings. The van der Waals surface area contributed by atoms with Crippen molar-refractivity contribution in [3.8, 4) is 0 Å². The fraction of sp³-hybridized carbons (Fsp3) is 0.667. The predicted octanol–water partition coefficient (Wildman–Crippen LogP) is 3.42. The van der Waals surface area contributed by atoms with Crippen LogP contribution >= 0.6 is 0 Å². The van der Waals surface area contributed by atoms with Crippen molar-refractivity contribution in [1.82, 2.24) is 10.2 Å². The van der Waals surface area contributed by atoms with E-state index in [2.05, 4.69) is 17.1 Å². The zero-order valence-corrected chi connectivity index (χ0v) is 15.6. The van der Waals surface area contributed by atoms with E-state index in [0.29, 0.717) is 18.4 Å². The maximum atomic E-state index is 12.6. The van der Waals surface area contributed by atoms with Gasteiger partial charge in [0.05, 0.1) is 0 Å². The lowest BCUT2D eigenvalue weighted by Gasteiger charge is -2.33. The van der Waals surface area contributed by atoms with Gasteiger partial charge in [-0.15, -0.1) is 0 Å². The van der Waals surface area contributed by atoms with Crippen molar-refractivity contribution < 1.29 is 9.53 Å². The Balaban J connectivity index is 1.57. The number of carbonyl (C=O) groups excluding carboxylic acids is 1. The van der Waals surface area contributed by atoms with E-state index in [4.69, 9.17) is 4.74 Å². The Labute approximate surface area is 151 Å². The summed E-state index contributed by atoms with van der Waals surface area (Å²) in [5.41, 5.74) is 1.03. The molecule has 0 aromatic heterocycles. The number of esters is 1. The number of hydrogen-bond acceptors (Lipinski definition) is 4. The molecule has 3 rings (SSSR count). The van der Waals surface area contributed by atoms with Gasteiger partial charge in [0.15, 0.2) is 6.17 Å². The molecule has 1 N–H and O–H groups in total. The Morgan fingerprint density at radius 1 is 1.20 bits per heavy atom. The zero-order chi connectivity index (χ0) is 17.6. The molecule has 4 nitrogen and oxygen atoms in total. The first-order valence-corrected chi connectivity index (χ1v) is 9.79. The number of likely N-dealkylation sites (N-methyl/N-ethyl adjacent to an activating group) is 1. The van der Waals surface area contributed by atoms with Crippen LogP contribution in [0.4, 0.5) is 0 Å². The van der Waals surface area contributed by atoms with Crippen molar-refractivity contribution in [3.05, 3.63) is 35.9 Å². The van der Waals surface area contributed by atoms with Gasteiger partial charge < -0.3 is 4.74 Å². The average Bonchev–Trinajstić information content (AvgIpc) is 2.79. The summed E-state index contributed by atoms with van der Waals surface area (Å²) in [6.45, 7) is 4.54. The molecular weight excluding hydrogens is 312 g/mol. The van der Waals surface area contributed by atoms with E-state index in [0.717, 1.165) is 24.6 Å². The molecule has 1 aromatic rings. The van der Waals surface area contributed by atoms with Gasteiger partial charge in [-0.05, 0) is 30.4 Å². The second-order valence-corrected chi connectivity index (χ2v) is 7.88. The number of nitrogens with one attached hydrogen (secondary N) is 1. The smallest absolute Gasteiger partial charge is 0.338 e. The average molecular weight is 344 g/mol. The molecule has 0 radical (unpaired) electrons. The Bertz CT molecular complexity index is 542. The highest BCUT2D eigenvalue weighted by molar-refractivity contribution is 5.75. The van der Waals surface area contributed by atoms with E-state index < -0.39 is 0 Å². The first-order valence-electron chi connectivity index (χ1n) is 9.79. The van der Waals surface area contributed by atoms with Gasteiger partial charge in [0.25, 0.3) is 0 Å². The highest BCUT2D eigenvalue weighted by atomic mass is 16.5. The van der Waals surface area contributed by atoms with Crippen LogP contribution in [0.2, 0.25) is 0 Å². The molecule has 3 atom stereocenters. The number of nitrogens with zero attached hydrogens (tertiary/aromatic N) is 1. The van der Waals surface area contributed by atoms with Crippen LogP contribution in [0.1, 0.15) is 44.6 Å². The normalized spacial score (nSPS) is 29.1. The third-order valence-electron chi connectivity index (χ3n) is 6.00. The molecule has 1 heterocycles. The summed E-state index contributed by atoms with van der Waals surface area (Å²) in [5.74, 6) is 1.91. The lowest BCUT2D eigenvalue weighted by molar-refractivity contribution is -0.152. The van der Waals surface area contributed by atoms with E-state index in [-0.39, 0.29) is 12.1 Å². The van der Waals surface area contributed by atoms with Crippen LogP contribution in [-0.2, 0) is 16.1 Å². The third-order valence-corrected chi connectivity index (χ3v) is 6.00. The fourth-order valence-corrected chi connectivity index (χ4v) is 4.56. The van der Waals surface area contributed by atoms with Crippen LogP contribution in [0.3, 0.4) is 0 Å². The van der Waals surface area contributed by atoms with E-state index in [1.54, 1.807) is 0 Å². The zero-order valence-electron chi connectivity index (χ0n) is 15.6. The summed E-state index contributed by atoms with van der Waals surface area (Å²) in [7, 11) is 2.03. The molecule has 4 heteroatoms. The molecule has 1 saturated heterocycles. The van der Waals surface area contributed by atoms with Gasteiger partial charge in [0.2, 0.25) is 0 Å². The molecule has 25 heavy (non-hydrogen) atoms. The van der Waals surface area contributed by atoms with Crippen LogP contribution in [0, 0.1) is 17.8 Å². The van der Waals surface area contributed by atoms with Gasteiger partial charge in [-0.1, -0.05) is 69.4 Å². The Morgan fingerprint density at radius 2 is 1.92 bits per heavy atom. The Morgan fingerprint density at radius 3 is 2.64 bits per heavy atom. The molecule has 1 aliphatic heterocycles. The molecule has 2 aliphatic rings. The fourth-order valence-electron chi connectivity index (χ4n) is 4.56. The van der Waals surface area contributed by atoms with Crippen LogP contribution in [-0.4, -0.2) is 37.2 Å². The van der Waals surface area contributed by atoms with Gasteiger partial charge >= 0.3 is 5.97 Å². The highest BCUT2D eigenvalue weighted by Crippen LogP contribution is 2.35. The van der Waals surface area contributed by atoms with Crippen molar-refractivity contribution in [3.63, 3.8) is 0 Å². The van der Waals surface area contributed by atoms with E-state index in [1.165, 1.54) is 32.1 Å². The summed E-state index contributed by atoms with van der Waals surface area (Å²) in [4.78, 5) is 14.7. The number of hydrogen-bond donors (Lipinski definition) is 1. The number of ether oxygens (including phenoxy) is 1. The van der Waals surface area contributed by atoms with Crippen LogP contribution in [0.15, 0.2) is 30.3 Å². The summed E-state index contributed by atoms with van der Waals surface area (Å²) in [6, 6.07) is 9.88. The van der Waals surface area contributed by atoms with E-state index >= 15 is 0 Å². The molecule has 3 unspecified atom stereocenters. The van der Waals surface area contributed by atoms with Crippen LogP contribution in [0.25, 0.3) is 0 Å². The Hall–Kier alpha value is -1.39. The van der Waals surface area contributed by atoms with Gasteiger partial charge in [-0.3, -0.25) is 10.2 Å². The van der Waals surface area contributed by atoms with Crippen molar-refractivity contribution in [2.24, 2.45) is 17.8 Å². The van der Waals surface area contributed by atoms with Gasteiger partial charge in [-0.2, -0.15) is 0 Å². The van der Waals surface area contributed by atoms with Crippen molar-refractivity contribution in [2.45, 2.75) is 51.8 Å². The highest BCUT2D eigenvalue weighted by Gasteiger charge is 2.36. The number of carbonyl (C=O) groups is 1. The molecule has 138 valence electrons. The van der Waals surface area contributed by atoms with E-state index in [1.807, 2.05) is 37.4 Å². The number of rotatable bonds is 4. The minimum absolute atomic E-state index is 0.164. The first kappa shape index (κ1) is 18.4. The molecule has 0 spiro atoms. The SMILES string of the molecule is CC1CN(C)C(C(=O)OCc2ccccc2)NCC1C1CCCCC1. The minimum atomic E-state index is -0.334. The monoisotopic (exact) mass is 344 g/mol. The first-order chi connectivity index (χ1) is 12.1. The quantitative estimate of drug-likeness (QED) is 0.850. The van der Waals surface area contributed by atoms with Crippen molar-refractivity contribution in [2.75, 3.05) is 20.1 Å². The topological polar surface area (TPSA) is 41.6 Å². The van der Waals surface area contributed by atoms with E-state index in [9.17, 15) is 4.79 Å². The summed E-state index contributed by atoms with van der Waals surface area (Å²) in [5, 5.41) is 3.50. The Kier molecular flexibility index (Phi) is 6.49. The second-order valence-electron chi connectivity index (χ2n) is 7.88. The maximum absolute atomic E-state index is 12.6. The standard InChI is InChI=1S/C21H32N2O2/c1-16-14-23(2)20(21(24)25-15-17-9-5-3-6-10-17)22-13-19(16)18-11-7-4-8-12-18/h3,5-6,9-10,16,18-20,22H,4,7-8,11-15H2,1-2H3. The molecular formula is C21H32N2O2. The van der Waals surface area contributed by atoms with Crippen molar-refractivity contribution >= 4 is 5.97 Å². The van der Waals surface area contributed by atoms with Crippen LogP contribution < -0.4 is 5.32 Å². The minimum Gasteiger partial charge on any atom is -0.459 e. The summed E-state index contributed by atoms with van der Waals surface area (Å²) in [6.07, 6.45) is 6.49. The molecule has 0 amide bonds. The van der Waals surface area contributed by atoms with Gasteiger partial charge in [0, 0.05) is 13.1 Å². The third kappa shape index (κ3) is 4.83. The predicted molar refractivity (Wildman–Crippen MR) is 99.9 cm³/mol. The molecule has 0 bridgehead atoms. The summed E-state index contributed by atoms with van der Waals surface area (Å²) >= 11 is 0. The lowest BCUT2D eigenvalue weighted by Crippen LogP contribution is -2.49. The molecule has 1 saturated carbocycles. The van der Waals surface area contributed by atoms with Gasteiger partial charge in [-0.25, -0.2) is 4.79 Å². The van der Waals surface area contributed by atoms with Gasteiger partial charge in [0.1, 0.15) is 6.61 Å². The van der Waals surface area contributed by atoms with Crippen LogP contribution in [0.5, 0.6) is 0 Å². The lowest BCUT2D eigenvalue weighted by atomic mass is 9.74. The molecule has 1 aromatic carbocycles. The maximum Gasteiger partial charge on any atom is 0.338 e. The van der Waals surface area contributed by atoms with Crippen molar-refractivity contribution in [1.29, 1.82) is 0 Å². The summed E-state index contributed by atoms with van der Waals surface area (Å²) < 4.78 is 5.57.